The van der Waals surface area contributed by atoms with Gasteiger partial charge in [-0.15, -0.1) is 0 Å². The first-order valence-corrected chi connectivity index (χ1v) is 8.82. The number of nitrogens with zero attached hydrogens (tertiary/aromatic N) is 2. The minimum Gasteiger partial charge on any atom is -0.322 e. The fraction of sp³-hybridized carbons (Fsp3) is 0.150. The number of carbonyl (C=O) groups excluding carboxylic acids is 1. The number of nitrogens with one attached hydrogen (secondary N) is 1. The first-order valence-electron chi connectivity index (χ1n) is 8.45. The van der Waals surface area contributed by atoms with Crippen LogP contribution in [-0.2, 0) is 14.1 Å². The van der Waals surface area contributed by atoms with E-state index in [9.17, 15) is 23.2 Å². The van der Waals surface area contributed by atoms with Crippen LogP contribution in [-0.4, -0.2) is 15.0 Å². The summed E-state index contributed by atoms with van der Waals surface area (Å²) in [4.78, 5) is 36.7. The quantitative estimate of drug-likeness (QED) is 0.662. The highest BCUT2D eigenvalue weighted by Crippen LogP contribution is 2.35. The van der Waals surface area contributed by atoms with Crippen molar-refractivity contribution in [1.29, 1.82) is 0 Å². The van der Waals surface area contributed by atoms with Crippen molar-refractivity contribution in [2.75, 3.05) is 5.32 Å². The Bertz CT molecular complexity index is 1270. The second-order valence-electron chi connectivity index (χ2n) is 6.45. The number of hydrogen-bond acceptors (Lipinski definition) is 3. The summed E-state index contributed by atoms with van der Waals surface area (Å²) in [6.07, 6.45) is 1.13. The molecule has 0 bridgehead atoms. The van der Waals surface area contributed by atoms with E-state index in [1.165, 1.54) is 32.3 Å². The minimum absolute atomic E-state index is 0.202. The summed E-state index contributed by atoms with van der Waals surface area (Å²) in [5.41, 5.74) is -1.06. The number of benzene rings is 2. The first kappa shape index (κ1) is 20.5. The zero-order valence-electron chi connectivity index (χ0n) is 15.7. The number of aromatic nitrogens is 2. The normalized spacial score (nSPS) is 10.8. The van der Waals surface area contributed by atoms with Gasteiger partial charge in [-0.1, -0.05) is 23.7 Å². The van der Waals surface area contributed by atoms with Gasteiger partial charge in [-0.2, -0.15) is 0 Å². The Labute approximate surface area is 169 Å². The van der Waals surface area contributed by atoms with Crippen LogP contribution < -0.4 is 16.6 Å². The largest absolute Gasteiger partial charge is 0.330 e. The van der Waals surface area contributed by atoms with Gasteiger partial charge in [0.15, 0.2) is 5.82 Å². The van der Waals surface area contributed by atoms with E-state index in [0.717, 1.165) is 27.5 Å². The van der Waals surface area contributed by atoms with Crippen molar-refractivity contribution < 1.29 is 13.6 Å². The van der Waals surface area contributed by atoms with Crippen LogP contribution in [0.1, 0.15) is 15.9 Å². The lowest BCUT2D eigenvalue weighted by molar-refractivity contribution is 0.102. The molecule has 0 saturated heterocycles. The Balaban J connectivity index is 2.07. The molecular weight excluding hydrogens is 404 g/mol. The van der Waals surface area contributed by atoms with Crippen LogP contribution in [0.2, 0.25) is 5.02 Å². The van der Waals surface area contributed by atoms with Gasteiger partial charge in [0.05, 0.1) is 10.6 Å². The van der Waals surface area contributed by atoms with Crippen LogP contribution in [0.25, 0.3) is 11.1 Å². The molecule has 0 aliphatic rings. The Morgan fingerprint density at radius 2 is 1.79 bits per heavy atom. The van der Waals surface area contributed by atoms with Crippen molar-refractivity contribution in [2.24, 2.45) is 14.1 Å². The molecule has 6 nitrogen and oxygen atoms in total. The molecule has 0 aliphatic carbocycles. The van der Waals surface area contributed by atoms with E-state index >= 15 is 0 Å². The van der Waals surface area contributed by atoms with E-state index in [0.29, 0.717) is 5.56 Å². The molecule has 0 unspecified atom stereocenters. The molecule has 1 heterocycles. The average Bonchev–Trinajstić information content (AvgIpc) is 2.68. The van der Waals surface area contributed by atoms with E-state index in [2.05, 4.69) is 5.32 Å². The molecule has 0 fully saturated rings. The van der Waals surface area contributed by atoms with Crippen LogP contribution in [0.15, 0.2) is 46.1 Å². The molecule has 0 radical (unpaired) electrons. The van der Waals surface area contributed by atoms with Crippen molar-refractivity contribution in [3.63, 3.8) is 0 Å². The molecular formula is C20H16ClF2N3O3. The molecule has 0 spiro atoms. The van der Waals surface area contributed by atoms with Gasteiger partial charge in [0.1, 0.15) is 11.4 Å². The third-order valence-electron chi connectivity index (χ3n) is 4.59. The van der Waals surface area contributed by atoms with Crippen LogP contribution in [0, 0.1) is 18.6 Å². The monoisotopic (exact) mass is 419 g/mol. The number of amides is 1. The van der Waals surface area contributed by atoms with Crippen molar-refractivity contribution in [3.05, 3.63) is 85.2 Å². The standard InChI is InChI=1S/C20H16ClF2N3O3/c1-10-11(16-14(22)8-7-13(21)17(16)23)5-4-6-15(10)24-18(27)12-9-25(2)20(29)26(3)19(12)28/h4-9H,1-3H3,(H,24,27). The van der Waals surface area contributed by atoms with Gasteiger partial charge in [0.2, 0.25) is 0 Å². The maximum absolute atomic E-state index is 14.4. The Kier molecular flexibility index (Phi) is 5.39. The summed E-state index contributed by atoms with van der Waals surface area (Å²) in [6.45, 7) is 1.57. The van der Waals surface area contributed by atoms with E-state index < -0.39 is 28.8 Å². The van der Waals surface area contributed by atoms with Crippen LogP contribution in [0.5, 0.6) is 0 Å². The Morgan fingerprint density at radius 3 is 2.48 bits per heavy atom. The maximum atomic E-state index is 14.4. The molecule has 2 aromatic carbocycles. The summed E-state index contributed by atoms with van der Waals surface area (Å²) >= 11 is 5.78. The molecule has 0 saturated carbocycles. The third-order valence-corrected chi connectivity index (χ3v) is 4.88. The fourth-order valence-electron chi connectivity index (χ4n) is 2.97. The maximum Gasteiger partial charge on any atom is 0.330 e. The Hall–Kier alpha value is -3.26. The zero-order valence-corrected chi connectivity index (χ0v) is 16.5. The van der Waals surface area contributed by atoms with Crippen LogP contribution in [0.3, 0.4) is 0 Å². The molecule has 150 valence electrons. The lowest BCUT2D eigenvalue weighted by Crippen LogP contribution is -2.40. The second-order valence-corrected chi connectivity index (χ2v) is 6.86. The number of rotatable bonds is 3. The first-order chi connectivity index (χ1) is 13.6. The highest BCUT2D eigenvalue weighted by atomic mass is 35.5. The second kappa shape index (κ2) is 7.63. The summed E-state index contributed by atoms with van der Waals surface area (Å²) in [7, 11) is 2.67. The fourth-order valence-corrected chi connectivity index (χ4v) is 3.13. The van der Waals surface area contributed by atoms with E-state index in [1.807, 2.05) is 0 Å². The van der Waals surface area contributed by atoms with Crippen molar-refractivity contribution in [1.82, 2.24) is 9.13 Å². The SMILES string of the molecule is Cc1c(NC(=O)c2cn(C)c(=O)n(C)c2=O)cccc1-c1c(F)ccc(Cl)c1F. The number of halogens is 3. The van der Waals surface area contributed by atoms with Gasteiger partial charge in [-0.3, -0.25) is 14.2 Å². The number of hydrogen-bond donors (Lipinski definition) is 1. The van der Waals surface area contributed by atoms with Crippen molar-refractivity contribution >= 4 is 23.2 Å². The smallest absolute Gasteiger partial charge is 0.322 e. The highest BCUT2D eigenvalue weighted by Gasteiger charge is 2.20. The van der Waals surface area contributed by atoms with Gasteiger partial charge in [-0.25, -0.2) is 13.6 Å². The van der Waals surface area contributed by atoms with Gasteiger partial charge >= 0.3 is 5.69 Å². The predicted molar refractivity (Wildman–Crippen MR) is 106 cm³/mol. The molecule has 1 aromatic heterocycles. The van der Waals surface area contributed by atoms with Gasteiger partial charge < -0.3 is 9.88 Å². The number of aryl methyl sites for hydroxylation is 1. The highest BCUT2D eigenvalue weighted by molar-refractivity contribution is 6.31. The summed E-state index contributed by atoms with van der Waals surface area (Å²) in [5, 5.41) is 2.33. The zero-order chi connectivity index (χ0) is 21.5. The molecule has 0 aliphatic heterocycles. The average molecular weight is 420 g/mol. The number of carbonyl (C=O) groups is 1. The van der Waals surface area contributed by atoms with Crippen molar-refractivity contribution in [3.8, 4) is 11.1 Å². The summed E-state index contributed by atoms with van der Waals surface area (Å²) in [5.74, 6) is -2.47. The molecule has 0 atom stereocenters. The van der Waals surface area contributed by atoms with E-state index in [1.54, 1.807) is 6.92 Å². The van der Waals surface area contributed by atoms with E-state index in [4.69, 9.17) is 11.6 Å². The molecule has 3 rings (SSSR count). The van der Waals surface area contributed by atoms with Crippen LogP contribution >= 0.6 is 11.6 Å². The molecule has 29 heavy (non-hydrogen) atoms. The van der Waals surface area contributed by atoms with Crippen LogP contribution in [0.4, 0.5) is 14.5 Å². The Morgan fingerprint density at radius 1 is 1.10 bits per heavy atom. The lowest BCUT2D eigenvalue weighted by Gasteiger charge is -2.14. The third kappa shape index (κ3) is 3.58. The lowest BCUT2D eigenvalue weighted by atomic mass is 9.98. The van der Waals surface area contributed by atoms with Gasteiger partial charge in [0.25, 0.3) is 11.5 Å². The van der Waals surface area contributed by atoms with Crippen molar-refractivity contribution in [2.45, 2.75) is 6.92 Å². The van der Waals surface area contributed by atoms with Gasteiger partial charge in [0, 0.05) is 26.0 Å². The molecule has 3 aromatic rings. The summed E-state index contributed by atoms with van der Waals surface area (Å²) in [6, 6.07) is 6.71. The number of anilines is 1. The molecule has 9 heteroatoms. The molecule has 1 amide bonds. The minimum atomic E-state index is -0.912. The van der Waals surface area contributed by atoms with Gasteiger partial charge in [-0.05, 0) is 36.2 Å². The summed E-state index contributed by atoms with van der Waals surface area (Å²) < 4.78 is 30.6. The molecule has 1 N–H and O–H groups in total. The van der Waals surface area contributed by atoms with E-state index in [-0.39, 0.29) is 27.4 Å². The topological polar surface area (TPSA) is 73.1 Å². The predicted octanol–water partition coefficient (Wildman–Crippen LogP) is 3.24.